The molecule has 0 spiro atoms. The summed E-state index contributed by atoms with van der Waals surface area (Å²) in [5, 5.41) is 16.7. The second-order valence-corrected chi connectivity index (χ2v) is 26.6. The summed E-state index contributed by atoms with van der Waals surface area (Å²) in [5.74, 6) is 2.77. The van der Waals surface area contributed by atoms with Gasteiger partial charge in [0.05, 0.1) is 35.8 Å². The Bertz CT molecular complexity index is 1140. The second-order valence-electron chi connectivity index (χ2n) is 23.5. The fourth-order valence-corrected chi connectivity index (χ4v) is 4.60. The van der Waals surface area contributed by atoms with Crippen molar-refractivity contribution in [1.82, 2.24) is 0 Å². The average molecular weight is 1070 g/mol. The van der Waals surface area contributed by atoms with E-state index in [9.17, 15) is 35.9 Å². The van der Waals surface area contributed by atoms with Gasteiger partial charge in [-0.15, -0.1) is 11.8 Å². The van der Waals surface area contributed by atoms with Crippen molar-refractivity contribution < 1.29 is 60.4 Å². The zero-order chi connectivity index (χ0) is 58.4. The van der Waals surface area contributed by atoms with Crippen molar-refractivity contribution in [2.24, 2.45) is 47.3 Å². The molecule has 15 heteroatoms. The molecule has 432 valence electrons. The lowest BCUT2D eigenvalue weighted by Gasteiger charge is -2.27. The molecule has 2 unspecified atom stereocenters. The number of aliphatic hydroxyl groups excluding tert-OH is 1. The Morgan fingerprint density at radius 2 is 0.971 bits per heavy atom. The number of halogens is 6. The molecule has 0 aromatic heterocycles. The highest BCUT2D eigenvalue weighted by atomic mass is 32.2. The Balaban J connectivity index is -0.000000106. The van der Waals surface area contributed by atoms with E-state index in [0.717, 1.165) is 12.5 Å². The topological polar surface area (TPSA) is 102 Å². The van der Waals surface area contributed by atoms with Crippen LogP contribution in [0, 0.1) is 47.3 Å². The van der Waals surface area contributed by atoms with Crippen molar-refractivity contribution in [2.75, 3.05) is 25.2 Å². The van der Waals surface area contributed by atoms with Crippen LogP contribution in [0.15, 0.2) is 0 Å². The summed E-state index contributed by atoms with van der Waals surface area (Å²) in [4.78, 5) is 20.9. The third-order valence-corrected chi connectivity index (χ3v) is 12.8. The van der Waals surface area contributed by atoms with Crippen LogP contribution in [0.3, 0.4) is 0 Å². The SMILES string of the molecule is CC(C)C(C)O.CC(C)C(C)OC(C)(C)C.CC(C)CC(=O)O.CC(C)CC(F)(F)F.CC(C)CCC(F)(F)F.CC(C)COC(C)(C)C.CCOC(=O)CSC(C)(C)C(C)C.CSC(C)(C)C(C)C. The number of rotatable bonds is 17. The first kappa shape index (κ1) is 85.8. The van der Waals surface area contributed by atoms with Crippen molar-refractivity contribution in [3.05, 3.63) is 0 Å². The fraction of sp³-hybridized carbons (Fsp3) is 0.964. The Morgan fingerprint density at radius 1 is 0.571 bits per heavy atom. The summed E-state index contributed by atoms with van der Waals surface area (Å²) >= 11 is 3.60. The number of carbonyl (C=O) groups is 2. The van der Waals surface area contributed by atoms with Crippen LogP contribution in [0.1, 0.15) is 226 Å². The number of carboxylic acids is 1. The number of carbonyl (C=O) groups excluding carboxylic acids is 1. The molecule has 0 aliphatic carbocycles. The molecular weight excluding hydrogens is 951 g/mol. The summed E-state index contributed by atoms with van der Waals surface area (Å²) in [5.41, 5.74) is 0.0357. The van der Waals surface area contributed by atoms with E-state index in [4.69, 9.17) is 24.4 Å². The van der Waals surface area contributed by atoms with Gasteiger partial charge in [0, 0.05) is 35.4 Å². The molecule has 0 saturated carbocycles. The Morgan fingerprint density at radius 3 is 1.09 bits per heavy atom. The van der Waals surface area contributed by atoms with Crippen molar-refractivity contribution in [1.29, 1.82) is 0 Å². The highest BCUT2D eigenvalue weighted by Gasteiger charge is 2.28. The van der Waals surface area contributed by atoms with E-state index >= 15 is 0 Å². The maximum absolute atomic E-state index is 11.4. The van der Waals surface area contributed by atoms with Crippen LogP contribution in [-0.4, -0.2) is 92.6 Å². The number of aliphatic hydroxyl groups is 1. The first-order valence-corrected chi connectivity index (χ1v) is 27.7. The third kappa shape index (κ3) is 89.9. The minimum Gasteiger partial charge on any atom is -0.481 e. The van der Waals surface area contributed by atoms with Gasteiger partial charge in [0.15, 0.2) is 0 Å². The predicted octanol–water partition coefficient (Wildman–Crippen LogP) is 18.5. The van der Waals surface area contributed by atoms with Crippen molar-refractivity contribution in [3.8, 4) is 0 Å². The predicted molar refractivity (Wildman–Crippen MR) is 295 cm³/mol. The Hall–Kier alpha value is -0.900. The van der Waals surface area contributed by atoms with E-state index in [1.165, 1.54) is 0 Å². The van der Waals surface area contributed by atoms with Gasteiger partial charge in [0.1, 0.15) is 0 Å². The van der Waals surface area contributed by atoms with E-state index < -0.39 is 31.2 Å². The number of carboxylic acid groups (broad SMARTS) is 1. The maximum atomic E-state index is 11.4. The van der Waals surface area contributed by atoms with E-state index in [2.05, 4.69) is 138 Å². The van der Waals surface area contributed by atoms with Crippen molar-refractivity contribution in [2.45, 2.75) is 272 Å². The van der Waals surface area contributed by atoms with Crippen molar-refractivity contribution >= 4 is 35.5 Å². The van der Waals surface area contributed by atoms with Gasteiger partial charge in [0.25, 0.3) is 0 Å². The third-order valence-electron chi connectivity index (χ3n) is 9.69. The first-order chi connectivity index (χ1) is 30.7. The lowest BCUT2D eigenvalue weighted by molar-refractivity contribution is -0.142. The molecule has 0 heterocycles. The lowest BCUT2D eigenvalue weighted by Crippen LogP contribution is -2.28. The van der Waals surface area contributed by atoms with Crippen LogP contribution in [0.2, 0.25) is 0 Å². The summed E-state index contributed by atoms with van der Waals surface area (Å²) in [6, 6.07) is 0. The molecular formula is C55H116F6O7S2. The van der Waals surface area contributed by atoms with E-state index in [1.54, 1.807) is 46.4 Å². The summed E-state index contributed by atoms with van der Waals surface area (Å²) in [6.45, 7) is 60.4. The number of ether oxygens (including phenoxy) is 3. The fourth-order valence-electron chi connectivity index (χ4n) is 3.22. The molecule has 0 aromatic rings. The Kier molecular flexibility index (Phi) is 54.4. The van der Waals surface area contributed by atoms with Crippen LogP contribution in [0.5, 0.6) is 0 Å². The normalized spacial score (nSPS) is 12.9. The molecule has 7 nitrogen and oxygen atoms in total. The molecule has 0 aliphatic rings. The molecule has 0 bridgehead atoms. The Labute approximate surface area is 438 Å². The summed E-state index contributed by atoms with van der Waals surface area (Å²) in [6.07, 6.45) is -6.37. The van der Waals surface area contributed by atoms with Crippen LogP contribution in [0.25, 0.3) is 0 Å². The molecule has 0 amide bonds. The standard InChI is InChI=1S/C10H20O2S.C9H20O.C8H18O.C7H16S.C6H11F3.C5H9F3.C5H10O2.C5H12O/c1-6-12-9(11)7-13-10(4,5)8(2)3;1-7(2)8(3)10-9(4,5)6;1-7(2)6-9-8(3,4)5;1-6(2)7(3,4)8-5;1-5(2)3-4-6(7,8)9;1-4(2)3-5(6,7)8;1-4(2)3-5(6)7;1-4(2)5(3)6/h8H,6-7H2,1-5H3;7-8H,1-6H3;7H,6H2,1-5H3;6H,1-5H3;5H,3-4H2,1-2H3;4H,3H2,1-2H3;4H,3H2,1-2H3,(H,6,7);4-6H,1-3H3. The zero-order valence-electron chi connectivity index (χ0n) is 50.7. The number of esters is 1. The molecule has 2 atom stereocenters. The van der Waals surface area contributed by atoms with E-state index in [0.29, 0.717) is 46.9 Å². The van der Waals surface area contributed by atoms with Gasteiger partial charge >= 0.3 is 24.3 Å². The highest BCUT2D eigenvalue weighted by molar-refractivity contribution is 8.01. The second kappa shape index (κ2) is 44.4. The number of thioether (sulfide) groups is 2. The van der Waals surface area contributed by atoms with Gasteiger partial charge in [-0.2, -0.15) is 38.1 Å². The van der Waals surface area contributed by atoms with Gasteiger partial charge < -0.3 is 24.4 Å². The quantitative estimate of drug-likeness (QED) is 0.109. The van der Waals surface area contributed by atoms with E-state index in [-0.39, 0.29) is 58.6 Å². The largest absolute Gasteiger partial charge is 0.481 e. The van der Waals surface area contributed by atoms with Crippen molar-refractivity contribution in [3.63, 3.8) is 0 Å². The molecule has 0 radical (unpaired) electrons. The van der Waals surface area contributed by atoms with Gasteiger partial charge in [-0.3, -0.25) is 9.59 Å². The zero-order valence-corrected chi connectivity index (χ0v) is 52.4. The number of hydrogen-bond donors (Lipinski definition) is 2. The smallest absolute Gasteiger partial charge is 0.389 e. The highest BCUT2D eigenvalue weighted by Crippen LogP contribution is 2.32. The minimum absolute atomic E-state index is 0.00366. The van der Waals surface area contributed by atoms with Gasteiger partial charge in [-0.1, -0.05) is 138 Å². The maximum Gasteiger partial charge on any atom is 0.389 e. The van der Waals surface area contributed by atoms with Gasteiger partial charge in [-0.25, -0.2) is 0 Å². The molecule has 70 heavy (non-hydrogen) atoms. The molecule has 0 aliphatic heterocycles. The monoisotopic (exact) mass is 1070 g/mol. The van der Waals surface area contributed by atoms with Gasteiger partial charge in [0.2, 0.25) is 0 Å². The number of aliphatic carboxylic acids is 1. The minimum atomic E-state index is -3.98. The molecule has 2 N–H and O–H groups in total. The molecule has 0 fully saturated rings. The van der Waals surface area contributed by atoms with E-state index in [1.807, 2.05) is 46.4 Å². The molecule has 0 aromatic carbocycles. The van der Waals surface area contributed by atoms with Crippen LogP contribution < -0.4 is 0 Å². The van der Waals surface area contributed by atoms with Crippen LogP contribution in [0.4, 0.5) is 26.3 Å². The van der Waals surface area contributed by atoms with Gasteiger partial charge in [-0.05, 0) is 122 Å². The number of alkyl halides is 6. The van der Waals surface area contributed by atoms with Crippen LogP contribution >= 0.6 is 23.5 Å². The first-order valence-electron chi connectivity index (χ1n) is 25.4. The average Bonchev–Trinajstić information content (AvgIpc) is 3.11. The summed E-state index contributed by atoms with van der Waals surface area (Å²) < 4.78 is 84.8. The molecule has 0 rings (SSSR count). The summed E-state index contributed by atoms with van der Waals surface area (Å²) in [7, 11) is 0. The lowest BCUT2D eigenvalue weighted by atomic mass is 10.00. The number of hydrogen-bond acceptors (Lipinski definition) is 8. The molecule has 0 saturated heterocycles. The van der Waals surface area contributed by atoms with Crippen LogP contribution in [-0.2, 0) is 23.8 Å².